The Hall–Kier alpha value is -2.66. The van der Waals surface area contributed by atoms with Crippen molar-refractivity contribution in [2.75, 3.05) is 26.2 Å². The number of nitrogens with zero attached hydrogens (tertiary/aromatic N) is 2. The molecule has 31 heavy (non-hydrogen) atoms. The van der Waals surface area contributed by atoms with E-state index in [0.717, 1.165) is 46.2 Å². The quantitative estimate of drug-likeness (QED) is 0.378. The molecule has 0 unspecified atom stereocenters. The molecular formula is C26H23ClN2OS. The van der Waals surface area contributed by atoms with E-state index in [9.17, 15) is 4.79 Å². The Bertz CT molecular complexity index is 1150. The van der Waals surface area contributed by atoms with Crippen LogP contribution in [-0.2, 0) is 0 Å². The standard InChI is InChI=1S/C26H23ClN2OS/c27-22-12-10-20(11-13-22)25(19-6-2-1-3-7-19)28-14-16-29(17-15-28)26(30)24-18-21-8-4-5-9-23(21)31-24/h1-13,18,25H,14-17H2/t25-/m0/s1. The Kier molecular flexibility index (Phi) is 5.77. The Labute approximate surface area is 191 Å². The second-order valence-electron chi connectivity index (χ2n) is 7.84. The molecule has 1 fully saturated rings. The number of carbonyl (C=O) groups is 1. The number of hydrogen-bond donors (Lipinski definition) is 0. The summed E-state index contributed by atoms with van der Waals surface area (Å²) in [6.45, 7) is 3.12. The van der Waals surface area contributed by atoms with Crippen molar-refractivity contribution in [1.29, 1.82) is 0 Å². The van der Waals surface area contributed by atoms with Gasteiger partial charge in [-0.1, -0.05) is 72.3 Å². The lowest BCUT2D eigenvalue weighted by Gasteiger charge is -2.39. The highest BCUT2D eigenvalue weighted by Gasteiger charge is 2.29. The van der Waals surface area contributed by atoms with Gasteiger partial charge in [0.15, 0.2) is 0 Å². The van der Waals surface area contributed by atoms with E-state index in [2.05, 4.69) is 53.4 Å². The highest BCUT2D eigenvalue weighted by Crippen LogP contribution is 2.31. The molecule has 0 N–H and O–H groups in total. The molecule has 1 saturated heterocycles. The molecule has 0 saturated carbocycles. The molecule has 5 rings (SSSR count). The third-order valence-corrected chi connectivity index (χ3v) is 7.26. The predicted molar refractivity (Wildman–Crippen MR) is 129 cm³/mol. The van der Waals surface area contributed by atoms with Crippen molar-refractivity contribution in [3.05, 3.63) is 106 Å². The minimum Gasteiger partial charge on any atom is -0.335 e. The molecule has 1 atom stereocenters. The number of piperazine rings is 1. The van der Waals surface area contributed by atoms with Crippen molar-refractivity contribution >= 4 is 38.9 Å². The molecule has 2 heterocycles. The maximum Gasteiger partial charge on any atom is 0.264 e. The summed E-state index contributed by atoms with van der Waals surface area (Å²) in [5.41, 5.74) is 2.48. The lowest BCUT2D eigenvalue weighted by Crippen LogP contribution is -2.49. The summed E-state index contributed by atoms with van der Waals surface area (Å²) >= 11 is 7.72. The maximum absolute atomic E-state index is 13.1. The number of carbonyl (C=O) groups excluding carboxylic acids is 1. The Morgan fingerprint density at radius 2 is 1.45 bits per heavy atom. The number of hydrogen-bond acceptors (Lipinski definition) is 3. The number of benzene rings is 3. The van der Waals surface area contributed by atoms with Crippen LogP contribution in [0.5, 0.6) is 0 Å². The van der Waals surface area contributed by atoms with Gasteiger partial charge in [0.05, 0.1) is 10.9 Å². The zero-order chi connectivity index (χ0) is 21.2. The molecule has 156 valence electrons. The van der Waals surface area contributed by atoms with Crippen LogP contribution in [0.15, 0.2) is 84.9 Å². The zero-order valence-corrected chi connectivity index (χ0v) is 18.6. The predicted octanol–water partition coefficient (Wildman–Crippen LogP) is 6.10. The molecule has 0 radical (unpaired) electrons. The minimum atomic E-state index is 0.142. The van der Waals surface area contributed by atoms with Crippen LogP contribution < -0.4 is 0 Å². The molecule has 0 aliphatic carbocycles. The van der Waals surface area contributed by atoms with Crippen LogP contribution in [0.25, 0.3) is 10.1 Å². The first-order valence-corrected chi connectivity index (χ1v) is 11.7. The molecule has 0 bridgehead atoms. The van der Waals surface area contributed by atoms with Crippen LogP contribution in [0.2, 0.25) is 5.02 Å². The summed E-state index contributed by atoms with van der Waals surface area (Å²) in [4.78, 5) is 18.4. The van der Waals surface area contributed by atoms with E-state index in [1.807, 2.05) is 41.3 Å². The van der Waals surface area contributed by atoms with E-state index in [-0.39, 0.29) is 11.9 Å². The molecule has 1 aliphatic rings. The highest BCUT2D eigenvalue weighted by molar-refractivity contribution is 7.20. The van der Waals surface area contributed by atoms with E-state index >= 15 is 0 Å². The normalized spacial score (nSPS) is 15.8. The fraction of sp³-hybridized carbons (Fsp3) is 0.192. The van der Waals surface area contributed by atoms with Gasteiger partial charge in [-0.3, -0.25) is 9.69 Å². The first-order chi connectivity index (χ1) is 15.2. The van der Waals surface area contributed by atoms with Crippen LogP contribution in [0.1, 0.15) is 26.8 Å². The maximum atomic E-state index is 13.1. The molecule has 1 aromatic heterocycles. The van der Waals surface area contributed by atoms with E-state index < -0.39 is 0 Å². The average molecular weight is 447 g/mol. The van der Waals surface area contributed by atoms with E-state index in [0.29, 0.717) is 0 Å². The topological polar surface area (TPSA) is 23.6 Å². The first kappa shape index (κ1) is 20.3. The van der Waals surface area contributed by atoms with Crippen molar-refractivity contribution in [3.63, 3.8) is 0 Å². The van der Waals surface area contributed by atoms with Gasteiger partial charge in [-0.15, -0.1) is 11.3 Å². The Morgan fingerprint density at radius 3 is 2.16 bits per heavy atom. The second kappa shape index (κ2) is 8.83. The first-order valence-electron chi connectivity index (χ1n) is 10.5. The van der Waals surface area contributed by atoms with Gasteiger partial charge in [-0.05, 0) is 40.8 Å². The monoisotopic (exact) mass is 446 g/mol. The van der Waals surface area contributed by atoms with E-state index in [1.54, 1.807) is 11.3 Å². The summed E-state index contributed by atoms with van der Waals surface area (Å²) in [6, 6.07) is 29.0. The molecule has 4 aromatic rings. The smallest absolute Gasteiger partial charge is 0.264 e. The van der Waals surface area contributed by atoms with E-state index in [4.69, 9.17) is 11.6 Å². The Morgan fingerprint density at radius 1 is 0.806 bits per heavy atom. The summed E-state index contributed by atoms with van der Waals surface area (Å²) in [7, 11) is 0. The lowest BCUT2D eigenvalue weighted by atomic mass is 9.96. The minimum absolute atomic E-state index is 0.142. The fourth-order valence-corrected chi connectivity index (χ4v) is 5.48. The number of halogens is 1. The molecule has 3 nitrogen and oxygen atoms in total. The van der Waals surface area contributed by atoms with E-state index in [1.165, 1.54) is 11.1 Å². The zero-order valence-electron chi connectivity index (χ0n) is 17.1. The highest BCUT2D eigenvalue weighted by atomic mass is 35.5. The fourth-order valence-electron chi connectivity index (χ4n) is 4.32. The molecule has 1 aliphatic heterocycles. The van der Waals surface area contributed by atoms with Crippen LogP contribution in [0.3, 0.4) is 0 Å². The van der Waals surface area contributed by atoms with Crippen molar-refractivity contribution in [3.8, 4) is 0 Å². The van der Waals surface area contributed by atoms with Gasteiger partial charge in [-0.25, -0.2) is 0 Å². The number of amides is 1. The van der Waals surface area contributed by atoms with Crippen molar-refractivity contribution < 1.29 is 4.79 Å². The molecule has 3 aromatic carbocycles. The van der Waals surface area contributed by atoms with Gasteiger partial charge in [-0.2, -0.15) is 0 Å². The number of thiophene rings is 1. The number of rotatable bonds is 4. The second-order valence-corrected chi connectivity index (χ2v) is 9.36. The third kappa shape index (κ3) is 4.24. The molecular weight excluding hydrogens is 424 g/mol. The molecule has 0 spiro atoms. The third-order valence-electron chi connectivity index (χ3n) is 5.90. The van der Waals surface area contributed by atoms with Crippen LogP contribution >= 0.6 is 22.9 Å². The van der Waals surface area contributed by atoms with Crippen LogP contribution in [-0.4, -0.2) is 41.9 Å². The lowest BCUT2D eigenvalue weighted by molar-refractivity contribution is 0.0602. The summed E-state index contributed by atoms with van der Waals surface area (Å²) in [5.74, 6) is 0.142. The van der Waals surface area contributed by atoms with Gasteiger partial charge in [0.25, 0.3) is 5.91 Å². The van der Waals surface area contributed by atoms with Gasteiger partial charge < -0.3 is 4.90 Å². The molecule has 1 amide bonds. The van der Waals surface area contributed by atoms with Crippen LogP contribution in [0, 0.1) is 0 Å². The number of fused-ring (bicyclic) bond motifs is 1. The van der Waals surface area contributed by atoms with Crippen molar-refractivity contribution in [1.82, 2.24) is 9.80 Å². The van der Waals surface area contributed by atoms with Crippen molar-refractivity contribution in [2.24, 2.45) is 0 Å². The summed E-state index contributed by atoms with van der Waals surface area (Å²) in [5, 5.41) is 1.88. The Balaban J connectivity index is 1.34. The summed E-state index contributed by atoms with van der Waals surface area (Å²) < 4.78 is 1.16. The van der Waals surface area contributed by atoms with Crippen molar-refractivity contribution in [2.45, 2.75) is 6.04 Å². The summed E-state index contributed by atoms with van der Waals surface area (Å²) in [6.07, 6.45) is 0. The largest absolute Gasteiger partial charge is 0.335 e. The van der Waals surface area contributed by atoms with Crippen LogP contribution in [0.4, 0.5) is 0 Å². The van der Waals surface area contributed by atoms with Gasteiger partial charge >= 0.3 is 0 Å². The van der Waals surface area contributed by atoms with Gasteiger partial charge in [0, 0.05) is 35.9 Å². The SMILES string of the molecule is O=C(c1cc2ccccc2s1)N1CCN([C@@H](c2ccccc2)c2ccc(Cl)cc2)CC1. The van der Waals surface area contributed by atoms with Gasteiger partial charge in [0.1, 0.15) is 0 Å². The van der Waals surface area contributed by atoms with Gasteiger partial charge in [0.2, 0.25) is 0 Å². The molecule has 5 heteroatoms. The average Bonchev–Trinajstić information content (AvgIpc) is 3.26.